The molecule has 2 rings (SSSR count). The number of rotatable bonds is 3. The average Bonchev–Trinajstić information content (AvgIpc) is 2.34. The fraction of sp³-hybridized carbons (Fsp3) is 0.286. The van der Waals surface area contributed by atoms with Crippen LogP contribution in [0.2, 0.25) is 10.2 Å². The second-order valence-corrected chi connectivity index (χ2v) is 7.26. The minimum Gasteiger partial charge on any atom is -0.232 e. The lowest BCUT2D eigenvalue weighted by Gasteiger charge is -2.11. The van der Waals surface area contributed by atoms with Crippen molar-refractivity contribution in [2.75, 3.05) is 0 Å². The second-order valence-electron chi connectivity index (χ2n) is 4.82. The van der Waals surface area contributed by atoms with Gasteiger partial charge in [0.15, 0.2) is 5.82 Å². The van der Waals surface area contributed by atoms with Crippen molar-refractivity contribution in [2.24, 2.45) is 5.92 Å². The van der Waals surface area contributed by atoms with E-state index in [-0.39, 0.29) is 0 Å². The molecule has 6 heteroatoms. The van der Waals surface area contributed by atoms with Crippen molar-refractivity contribution in [2.45, 2.75) is 20.3 Å². The molecule has 0 spiro atoms. The summed E-state index contributed by atoms with van der Waals surface area (Å²) in [5, 5.41) is 1.08. The highest BCUT2D eigenvalue weighted by Gasteiger charge is 2.15. The summed E-state index contributed by atoms with van der Waals surface area (Å²) in [4.78, 5) is 8.95. The molecule has 0 aliphatic carbocycles. The molecule has 2 aromatic rings. The van der Waals surface area contributed by atoms with E-state index in [2.05, 4.69) is 55.7 Å². The molecule has 2 nitrogen and oxygen atoms in total. The molecule has 0 bridgehead atoms. The van der Waals surface area contributed by atoms with Crippen LogP contribution in [0, 0.1) is 5.92 Å². The number of halogens is 4. The van der Waals surface area contributed by atoms with Crippen LogP contribution in [0.15, 0.2) is 27.1 Å². The summed E-state index contributed by atoms with van der Waals surface area (Å²) in [5.74, 6) is 1.08. The lowest BCUT2D eigenvalue weighted by Crippen LogP contribution is -2.03. The third-order valence-corrected chi connectivity index (χ3v) is 4.88. The molecular formula is C14H12Br2Cl2N2. The first kappa shape index (κ1) is 16.2. The molecule has 0 unspecified atom stereocenters. The Balaban J connectivity index is 2.54. The predicted molar refractivity (Wildman–Crippen MR) is 91.4 cm³/mol. The molecule has 0 N–H and O–H groups in total. The van der Waals surface area contributed by atoms with E-state index >= 15 is 0 Å². The van der Waals surface area contributed by atoms with Crippen LogP contribution in [-0.2, 0) is 6.42 Å². The Kier molecular flexibility index (Phi) is 5.46. The van der Waals surface area contributed by atoms with E-state index in [1.807, 2.05) is 18.2 Å². The van der Waals surface area contributed by atoms with Crippen molar-refractivity contribution in [3.8, 4) is 11.4 Å². The first-order chi connectivity index (χ1) is 9.38. The van der Waals surface area contributed by atoms with Gasteiger partial charge >= 0.3 is 0 Å². The van der Waals surface area contributed by atoms with Crippen LogP contribution in [0.1, 0.15) is 19.5 Å². The van der Waals surface area contributed by atoms with Crippen LogP contribution in [0.3, 0.4) is 0 Å². The number of benzene rings is 1. The van der Waals surface area contributed by atoms with Gasteiger partial charge in [-0.25, -0.2) is 9.97 Å². The molecule has 106 valence electrons. The minimum atomic E-state index is 0.424. The summed E-state index contributed by atoms with van der Waals surface area (Å²) in [5.41, 5.74) is 1.78. The van der Waals surface area contributed by atoms with Crippen LogP contribution >= 0.6 is 55.1 Å². The topological polar surface area (TPSA) is 25.8 Å². The zero-order valence-electron chi connectivity index (χ0n) is 10.9. The van der Waals surface area contributed by atoms with Gasteiger partial charge in [-0.15, -0.1) is 0 Å². The summed E-state index contributed by atoms with van der Waals surface area (Å²) in [6, 6.07) is 5.51. The van der Waals surface area contributed by atoms with E-state index in [4.69, 9.17) is 23.2 Å². The molecule has 20 heavy (non-hydrogen) atoms. The van der Waals surface area contributed by atoms with E-state index in [9.17, 15) is 0 Å². The second kappa shape index (κ2) is 6.73. The highest BCUT2D eigenvalue weighted by molar-refractivity contribution is 9.11. The molecular weight excluding hydrogens is 427 g/mol. The molecule has 0 radical (unpaired) electrons. The van der Waals surface area contributed by atoms with Gasteiger partial charge < -0.3 is 0 Å². The maximum atomic E-state index is 6.20. The quantitative estimate of drug-likeness (QED) is 0.535. The lowest BCUT2D eigenvalue weighted by atomic mass is 10.1. The maximum absolute atomic E-state index is 6.20. The van der Waals surface area contributed by atoms with Gasteiger partial charge in [-0.1, -0.05) is 37.0 Å². The molecule has 0 aliphatic heterocycles. The van der Waals surface area contributed by atoms with E-state index in [1.165, 1.54) is 0 Å². The fourth-order valence-corrected chi connectivity index (χ4v) is 3.16. The summed E-state index contributed by atoms with van der Waals surface area (Å²) < 4.78 is 1.61. The number of hydrogen-bond acceptors (Lipinski definition) is 2. The van der Waals surface area contributed by atoms with E-state index in [0.717, 1.165) is 26.6 Å². The Morgan fingerprint density at radius 1 is 1.15 bits per heavy atom. The molecule has 0 saturated carbocycles. The lowest BCUT2D eigenvalue weighted by molar-refractivity contribution is 0.632. The molecule has 0 atom stereocenters. The van der Waals surface area contributed by atoms with Gasteiger partial charge in [0.2, 0.25) is 0 Å². The van der Waals surface area contributed by atoms with Gasteiger partial charge in [0, 0.05) is 15.1 Å². The molecule has 0 fully saturated rings. The largest absolute Gasteiger partial charge is 0.232 e. The van der Waals surface area contributed by atoms with Gasteiger partial charge in [-0.05, 0) is 62.4 Å². The van der Waals surface area contributed by atoms with Gasteiger partial charge in [-0.2, -0.15) is 0 Å². The zero-order valence-corrected chi connectivity index (χ0v) is 15.6. The summed E-state index contributed by atoms with van der Waals surface area (Å²) >= 11 is 19.1. The van der Waals surface area contributed by atoms with Gasteiger partial charge in [0.25, 0.3) is 0 Å². The Morgan fingerprint density at radius 3 is 2.45 bits per heavy atom. The van der Waals surface area contributed by atoms with E-state index < -0.39 is 0 Å². The highest BCUT2D eigenvalue weighted by Crippen LogP contribution is 2.32. The standard InChI is InChI=1S/C14H12Br2Cl2N2/c1-7(2)5-11-12(16)13(18)20-14(19-11)9-4-3-8(17)6-10(9)15/h3-4,6-7H,5H2,1-2H3. The van der Waals surface area contributed by atoms with Crippen molar-refractivity contribution < 1.29 is 0 Å². The third-order valence-electron chi connectivity index (χ3n) is 2.65. The molecule has 0 aliphatic rings. The van der Waals surface area contributed by atoms with Crippen LogP contribution in [-0.4, -0.2) is 9.97 Å². The highest BCUT2D eigenvalue weighted by atomic mass is 79.9. The first-order valence-corrected chi connectivity index (χ1v) is 8.40. The molecule has 0 saturated heterocycles. The van der Waals surface area contributed by atoms with Crippen LogP contribution in [0.4, 0.5) is 0 Å². The molecule has 1 aromatic heterocycles. The van der Waals surface area contributed by atoms with Crippen molar-refractivity contribution >= 4 is 55.1 Å². The van der Waals surface area contributed by atoms with Crippen LogP contribution in [0.5, 0.6) is 0 Å². The smallest absolute Gasteiger partial charge is 0.162 e. The monoisotopic (exact) mass is 436 g/mol. The van der Waals surface area contributed by atoms with E-state index in [1.54, 1.807) is 0 Å². The van der Waals surface area contributed by atoms with E-state index in [0.29, 0.717) is 21.9 Å². The third kappa shape index (κ3) is 3.73. The molecule has 1 aromatic carbocycles. The van der Waals surface area contributed by atoms with Gasteiger partial charge in [-0.3, -0.25) is 0 Å². The van der Waals surface area contributed by atoms with Crippen molar-refractivity contribution in [1.29, 1.82) is 0 Å². The Morgan fingerprint density at radius 2 is 1.85 bits per heavy atom. The zero-order chi connectivity index (χ0) is 14.9. The SMILES string of the molecule is CC(C)Cc1nc(-c2ccc(Cl)cc2Br)nc(Cl)c1Br. The predicted octanol–water partition coefficient (Wildman–Crippen LogP) is 6.17. The summed E-state index contributed by atoms with van der Waals surface area (Å²) in [7, 11) is 0. The summed E-state index contributed by atoms with van der Waals surface area (Å²) in [6.45, 7) is 4.28. The van der Waals surface area contributed by atoms with Gasteiger partial charge in [0.05, 0.1) is 10.2 Å². The first-order valence-electron chi connectivity index (χ1n) is 6.05. The normalized spacial score (nSPS) is 11.2. The average molecular weight is 439 g/mol. The fourth-order valence-electron chi connectivity index (χ4n) is 1.78. The van der Waals surface area contributed by atoms with Crippen LogP contribution < -0.4 is 0 Å². The van der Waals surface area contributed by atoms with Crippen LogP contribution in [0.25, 0.3) is 11.4 Å². The molecule has 1 heterocycles. The Bertz CT molecular complexity index is 645. The number of aromatic nitrogens is 2. The van der Waals surface area contributed by atoms with Crippen molar-refractivity contribution in [3.05, 3.63) is 43.0 Å². The minimum absolute atomic E-state index is 0.424. The number of nitrogens with zero attached hydrogens (tertiary/aromatic N) is 2. The maximum Gasteiger partial charge on any atom is 0.162 e. The van der Waals surface area contributed by atoms with Gasteiger partial charge in [0.1, 0.15) is 5.15 Å². The summed E-state index contributed by atoms with van der Waals surface area (Å²) in [6.07, 6.45) is 0.834. The van der Waals surface area contributed by atoms with Crippen molar-refractivity contribution in [1.82, 2.24) is 9.97 Å². The Labute approximate surface area is 145 Å². The Hall–Kier alpha value is -0.160. The number of hydrogen-bond donors (Lipinski definition) is 0. The molecule has 0 amide bonds. The van der Waals surface area contributed by atoms with Crippen molar-refractivity contribution in [3.63, 3.8) is 0 Å².